The van der Waals surface area contributed by atoms with Crippen molar-refractivity contribution < 1.29 is 33.7 Å². The number of hydrogen-bond donors (Lipinski definition) is 5. The molecule has 0 saturated heterocycles. The van der Waals surface area contributed by atoms with Crippen LogP contribution in [0.1, 0.15) is 39.1 Å². The lowest BCUT2D eigenvalue weighted by Crippen LogP contribution is -2.17. The molecular formula is C38H41Cl2N5O8. The van der Waals surface area contributed by atoms with Crippen LogP contribution in [0.25, 0.3) is 11.1 Å². The van der Waals surface area contributed by atoms with E-state index in [4.69, 9.17) is 51.8 Å². The predicted octanol–water partition coefficient (Wildman–Crippen LogP) is 6.34. The number of halogens is 2. The highest BCUT2D eigenvalue weighted by Gasteiger charge is 2.17. The highest BCUT2D eigenvalue weighted by atomic mass is 35.5. The molecule has 0 bridgehead atoms. The molecule has 0 fully saturated rings. The van der Waals surface area contributed by atoms with Crippen LogP contribution >= 0.6 is 23.2 Å². The third-order valence-corrected chi connectivity index (χ3v) is 8.94. The number of methoxy groups -OCH3 is 2. The Balaban J connectivity index is 1.26. The van der Waals surface area contributed by atoms with Gasteiger partial charge in [0.15, 0.2) is 5.76 Å². The van der Waals surface area contributed by atoms with E-state index in [9.17, 15) is 9.90 Å². The Morgan fingerprint density at radius 1 is 0.792 bits per heavy atom. The summed E-state index contributed by atoms with van der Waals surface area (Å²) in [7, 11) is 3.03. The number of aliphatic hydroxyl groups is 2. The third kappa shape index (κ3) is 10.1. The number of H-pyrrole nitrogens is 1. The maximum Gasteiger partial charge on any atom is 0.280 e. The van der Waals surface area contributed by atoms with Crippen molar-refractivity contribution in [3.63, 3.8) is 0 Å². The molecule has 5 rings (SSSR count). The molecule has 280 valence electrons. The SMILES string of the molecule is COc1nc(OCc2cccc(-c3cccc(COc4nc(OC)c(CNCc5cc(=O)[nH]o5)cc4Cl)c3C)c2C)c(Cl)cc1CNC/C(O)=C/CO. The number of benzene rings is 2. The number of hydrogen-bond acceptors (Lipinski definition) is 12. The van der Waals surface area contributed by atoms with Crippen LogP contribution in [0.3, 0.4) is 0 Å². The van der Waals surface area contributed by atoms with Crippen molar-refractivity contribution in [3.8, 4) is 34.6 Å². The van der Waals surface area contributed by atoms with Crippen molar-refractivity contribution in [2.75, 3.05) is 27.4 Å². The molecule has 13 nitrogen and oxygen atoms in total. The van der Waals surface area contributed by atoms with E-state index in [1.165, 1.54) is 26.4 Å². The third-order valence-electron chi connectivity index (χ3n) is 8.40. The van der Waals surface area contributed by atoms with Crippen LogP contribution in [0.4, 0.5) is 0 Å². The van der Waals surface area contributed by atoms with Gasteiger partial charge in [0.25, 0.3) is 5.56 Å². The maximum absolute atomic E-state index is 11.3. The lowest BCUT2D eigenvalue weighted by molar-refractivity contribution is 0.285. The van der Waals surface area contributed by atoms with Gasteiger partial charge in [-0.2, -0.15) is 15.1 Å². The largest absolute Gasteiger partial charge is 0.511 e. The average Bonchev–Trinajstić information content (AvgIpc) is 3.56. The highest BCUT2D eigenvalue weighted by molar-refractivity contribution is 6.32. The Morgan fingerprint density at radius 3 is 1.79 bits per heavy atom. The molecule has 5 N–H and O–H groups in total. The van der Waals surface area contributed by atoms with E-state index in [2.05, 4.69) is 37.9 Å². The van der Waals surface area contributed by atoms with E-state index in [0.29, 0.717) is 58.3 Å². The number of rotatable bonds is 18. The minimum Gasteiger partial charge on any atom is -0.511 e. The van der Waals surface area contributed by atoms with Crippen molar-refractivity contribution in [3.05, 3.63) is 126 Å². The Labute approximate surface area is 316 Å². The number of aromatic nitrogens is 3. The second-order valence-corrected chi connectivity index (χ2v) is 12.7. The van der Waals surface area contributed by atoms with Crippen LogP contribution in [-0.4, -0.2) is 52.7 Å². The minimum absolute atomic E-state index is 0.0253. The molecule has 3 aromatic heterocycles. The molecular weight excluding hydrogens is 725 g/mol. The van der Waals surface area contributed by atoms with Crippen LogP contribution < -0.4 is 35.1 Å². The summed E-state index contributed by atoms with van der Waals surface area (Å²) in [4.78, 5) is 20.3. The molecule has 0 atom stereocenters. The first-order chi connectivity index (χ1) is 25.6. The number of aromatic amines is 1. The van der Waals surface area contributed by atoms with Crippen molar-refractivity contribution in [1.29, 1.82) is 0 Å². The van der Waals surface area contributed by atoms with E-state index in [-0.39, 0.29) is 49.4 Å². The fraction of sp³-hybridized carbons (Fsp3) is 0.289. The van der Waals surface area contributed by atoms with E-state index in [0.717, 1.165) is 33.4 Å². The summed E-state index contributed by atoms with van der Waals surface area (Å²) in [5, 5.41) is 27.8. The molecule has 5 aromatic rings. The smallest absolute Gasteiger partial charge is 0.280 e. The number of nitrogens with one attached hydrogen (secondary N) is 3. The van der Waals surface area contributed by atoms with Crippen LogP contribution in [-0.2, 0) is 32.8 Å². The lowest BCUT2D eigenvalue weighted by Gasteiger charge is -2.17. The van der Waals surface area contributed by atoms with Crippen LogP contribution in [0.15, 0.2) is 75.8 Å². The molecule has 0 unspecified atom stereocenters. The van der Waals surface area contributed by atoms with Gasteiger partial charge < -0.3 is 44.3 Å². The second-order valence-electron chi connectivity index (χ2n) is 11.9. The molecule has 0 amide bonds. The average molecular weight is 767 g/mol. The first-order valence-electron chi connectivity index (χ1n) is 16.6. The monoisotopic (exact) mass is 765 g/mol. The molecule has 0 aliphatic rings. The molecule has 53 heavy (non-hydrogen) atoms. The topological polar surface area (TPSA) is 173 Å². The molecule has 15 heteroatoms. The Bertz CT molecular complexity index is 2120. The van der Waals surface area contributed by atoms with Gasteiger partial charge in [-0.25, -0.2) is 0 Å². The second kappa shape index (κ2) is 18.6. The Morgan fingerprint density at radius 2 is 1.32 bits per heavy atom. The zero-order chi connectivity index (χ0) is 37.9. The van der Waals surface area contributed by atoms with Crippen LogP contribution in [0.2, 0.25) is 10.0 Å². The van der Waals surface area contributed by atoms with Gasteiger partial charge in [0.1, 0.15) is 29.0 Å². The normalized spacial score (nSPS) is 11.5. The quantitative estimate of drug-likeness (QED) is 0.0628. The van der Waals surface area contributed by atoms with E-state index in [1.54, 1.807) is 12.1 Å². The summed E-state index contributed by atoms with van der Waals surface area (Å²) < 4.78 is 28.3. The van der Waals surface area contributed by atoms with E-state index in [1.807, 2.05) is 38.1 Å². The summed E-state index contributed by atoms with van der Waals surface area (Å²) in [6.07, 6.45) is 1.31. The fourth-order valence-electron chi connectivity index (χ4n) is 5.58. The summed E-state index contributed by atoms with van der Waals surface area (Å²) in [5.74, 6) is 1.67. The van der Waals surface area contributed by atoms with Gasteiger partial charge in [0.05, 0.1) is 33.9 Å². The van der Waals surface area contributed by atoms with Crippen molar-refractivity contribution in [2.24, 2.45) is 0 Å². The highest BCUT2D eigenvalue weighted by Crippen LogP contribution is 2.34. The fourth-order valence-corrected chi connectivity index (χ4v) is 6.04. The van der Waals surface area contributed by atoms with Gasteiger partial charge in [0.2, 0.25) is 23.5 Å². The molecule has 0 saturated carbocycles. The van der Waals surface area contributed by atoms with Gasteiger partial charge in [-0.05, 0) is 65.4 Å². The molecule has 0 spiro atoms. The summed E-state index contributed by atoms with van der Waals surface area (Å²) >= 11 is 13.1. The zero-order valence-corrected chi connectivity index (χ0v) is 31.2. The molecule has 0 radical (unpaired) electrons. The summed E-state index contributed by atoms with van der Waals surface area (Å²) in [6.45, 7) is 5.47. The number of nitrogens with zero attached hydrogens (tertiary/aromatic N) is 2. The van der Waals surface area contributed by atoms with E-state index >= 15 is 0 Å². The van der Waals surface area contributed by atoms with Crippen molar-refractivity contribution >= 4 is 23.2 Å². The standard InChI is InChI=1S/C38H41Cl2N5O8/c1-22-24(20-51-37-32(39)13-26(35(43-37)49-3)16-41-18-28(47)11-12-46)7-5-9-30(22)31-10-6-8-25(23(31)2)21-52-38-33(40)14-27(36(44-38)50-4)17-42-19-29-15-34(48)45-53-29/h5-11,13-15,41-42,46-47H,12,16-21H2,1-4H3,(H,45,48)/b28-11-. The summed E-state index contributed by atoms with van der Waals surface area (Å²) in [5.41, 5.74) is 7.15. The van der Waals surface area contributed by atoms with Gasteiger partial charge in [-0.1, -0.05) is 59.6 Å². The van der Waals surface area contributed by atoms with Gasteiger partial charge in [-0.15, -0.1) is 0 Å². The van der Waals surface area contributed by atoms with Gasteiger partial charge in [-0.3, -0.25) is 4.79 Å². The van der Waals surface area contributed by atoms with Gasteiger partial charge in [0, 0.05) is 30.3 Å². The van der Waals surface area contributed by atoms with Crippen LogP contribution in [0.5, 0.6) is 23.5 Å². The predicted molar refractivity (Wildman–Crippen MR) is 201 cm³/mol. The minimum atomic E-state index is -0.303. The van der Waals surface area contributed by atoms with Crippen molar-refractivity contribution in [2.45, 2.75) is 46.7 Å². The Hall–Kier alpha value is -5.05. The van der Waals surface area contributed by atoms with Crippen molar-refractivity contribution in [1.82, 2.24) is 25.8 Å². The molecule has 0 aliphatic carbocycles. The van der Waals surface area contributed by atoms with Gasteiger partial charge >= 0.3 is 0 Å². The zero-order valence-electron chi connectivity index (χ0n) is 29.7. The molecule has 3 heterocycles. The van der Waals surface area contributed by atoms with Crippen LogP contribution in [0, 0.1) is 13.8 Å². The lowest BCUT2D eigenvalue weighted by atomic mass is 9.92. The molecule has 0 aliphatic heterocycles. The van der Waals surface area contributed by atoms with E-state index < -0.39 is 0 Å². The first kappa shape index (κ1) is 39.2. The number of ether oxygens (including phenoxy) is 4. The number of pyridine rings is 2. The maximum atomic E-state index is 11.3. The first-order valence-corrected chi connectivity index (χ1v) is 17.3. The summed E-state index contributed by atoms with van der Waals surface area (Å²) in [6, 6.07) is 16.9. The Kier molecular flexibility index (Phi) is 13.8. The number of aliphatic hydroxyl groups excluding tert-OH is 2. The molecule has 2 aromatic carbocycles.